The van der Waals surface area contributed by atoms with Gasteiger partial charge in [-0.15, -0.1) is 0 Å². The number of halogens is 3. The third-order valence-corrected chi connectivity index (χ3v) is 5.07. The molecule has 6 heteroatoms. The Labute approximate surface area is 154 Å². The van der Waals surface area contributed by atoms with Gasteiger partial charge in [-0.05, 0) is 67.1 Å². The summed E-state index contributed by atoms with van der Waals surface area (Å²) in [5.74, 6) is -0.516. The molecule has 0 spiro atoms. The molecule has 27 heavy (non-hydrogen) atoms. The minimum atomic E-state index is -4.46. The molecule has 1 aliphatic rings. The fourth-order valence-corrected chi connectivity index (χ4v) is 3.68. The van der Waals surface area contributed by atoms with Gasteiger partial charge < -0.3 is 10.3 Å². The van der Waals surface area contributed by atoms with Gasteiger partial charge in [0.25, 0.3) is 5.91 Å². The Morgan fingerprint density at radius 1 is 1.07 bits per heavy atom. The van der Waals surface area contributed by atoms with E-state index < -0.39 is 17.6 Å². The number of alkyl halides is 3. The van der Waals surface area contributed by atoms with Gasteiger partial charge in [0.2, 0.25) is 0 Å². The number of aromatic nitrogens is 1. The van der Waals surface area contributed by atoms with Crippen LogP contribution in [-0.4, -0.2) is 10.9 Å². The lowest BCUT2D eigenvalue weighted by Crippen LogP contribution is -2.23. The summed E-state index contributed by atoms with van der Waals surface area (Å²) < 4.78 is 38.4. The molecule has 1 heterocycles. The number of hydrogen-bond donors (Lipinski definition) is 2. The second-order valence-electron chi connectivity index (χ2n) is 6.93. The minimum Gasteiger partial charge on any atom is -0.358 e. The second-order valence-corrected chi connectivity index (χ2v) is 6.93. The number of hydrogen-bond acceptors (Lipinski definition) is 1. The monoisotopic (exact) mass is 372 g/mol. The molecule has 3 aromatic rings. The first-order valence-corrected chi connectivity index (χ1v) is 8.99. The molecule has 1 aromatic heterocycles. The maximum absolute atomic E-state index is 12.8. The van der Waals surface area contributed by atoms with E-state index in [-0.39, 0.29) is 12.1 Å². The Kier molecular flexibility index (Phi) is 4.42. The van der Waals surface area contributed by atoms with Crippen molar-refractivity contribution in [3.63, 3.8) is 0 Å². The van der Waals surface area contributed by atoms with Crippen LogP contribution in [0.1, 0.15) is 45.6 Å². The quantitative estimate of drug-likeness (QED) is 0.668. The summed E-state index contributed by atoms with van der Waals surface area (Å²) in [4.78, 5) is 15.7. The van der Waals surface area contributed by atoms with E-state index in [1.54, 1.807) is 0 Å². The van der Waals surface area contributed by atoms with E-state index in [0.717, 1.165) is 36.1 Å². The fraction of sp³-hybridized carbons (Fsp3) is 0.286. The van der Waals surface area contributed by atoms with Crippen molar-refractivity contribution >= 4 is 16.8 Å². The molecule has 0 aliphatic heterocycles. The Hall–Kier alpha value is -2.76. The lowest BCUT2D eigenvalue weighted by molar-refractivity contribution is -0.137. The van der Waals surface area contributed by atoms with Crippen LogP contribution in [0.5, 0.6) is 0 Å². The number of amides is 1. The molecular formula is C21H19F3N2O. The first-order valence-electron chi connectivity index (χ1n) is 8.99. The number of aryl methyl sites for hydroxylation is 2. The van der Waals surface area contributed by atoms with Crippen LogP contribution in [0.2, 0.25) is 0 Å². The molecule has 0 saturated heterocycles. The number of H-pyrrole nitrogens is 1. The van der Waals surface area contributed by atoms with Crippen LogP contribution >= 0.6 is 0 Å². The zero-order valence-electron chi connectivity index (χ0n) is 14.6. The highest BCUT2D eigenvalue weighted by atomic mass is 19.4. The number of carbonyl (C=O) groups is 1. The minimum absolute atomic E-state index is 0.00456. The van der Waals surface area contributed by atoms with Crippen molar-refractivity contribution in [1.82, 2.24) is 10.3 Å². The standard InChI is InChI=1S/C21H19F3N2O/c22-21(23,24)15-5-3-4-14(11-15)20(27)25-12-13-8-9-19-17(10-13)16-6-1-2-7-18(16)26-19/h3-5,8-11,26H,1-2,6-7,12H2,(H,25,27). The van der Waals surface area contributed by atoms with E-state index in [2.05, 4.69) is 16.4 Å². The molecule has 0 atom stereocenters. The molecule has 4 rings (SSSR count). The molecular weight excluding hydrogens is 353 g/mol. The predicted octanol–water partition coefficient (Wildman–Crippen LogP) is 5.00. The van der Waals surface area contributed by atoms with E-state index in [1.807, 2.05) is 12.1 Å². The molecule has 0 radical (unpaired) electrons. The van der Waals surface area contributed by atoms with Crippen molar-refractivity contribution < 1.29 is 18.0 Å². The fourth-order valence-electron chi connectivity index (χ4n) is 3.68. The summed E-state index contributed by atoms with van der Waals surface area (Å²) in [6, 6.07) is 10.4. The average molecular weight is 372 g/mol. The number of fused-ring (bicyclic) bond motifs is 3. The molecule has 1 aliphatic carbocycles. The number of rotatable bonds is 3. The lowest BCUT2D eigenvalue weighted by atomic mass is 9.95. The maximum Gasteiger partial charge on any atom is 0.416 e. The molecule has 0 unspecified atom stereocenters. The van der Waals surface area contributed by atoms with Crippen LogP contribution in [0.4, 0.5) is 13.2 Å². The number of benzene rings is 2. The van der Waals surface area contributed by atoms with Crippen LogP contribution in [-0.2, 0) is 25.6 Å². The van der Waals surface area contributed by atoms with E-state index in [9.17, 15) is 18.0 Å². The summed E-state index contributed by atoms with van der Waals surface area (Å²) in [6.45, 7) is 0.269. The van der Waals surface area contributed by atoms with E-state index in [4.69, 9.17) is 0 Å². The van der Waals surface area contributed by atoms with Crippen LogP contribution in [0.25, 0.3) is 10.9 Å². The Bertz CT molecular complexity index is 1000. The van der Waals surface area contributed by atoms with Gasteiger partial charge in [-0.3, -0.25) is 4.79 Å². The highest BCUT2D eigenvalue weighted by molar-refractivity contribution is 5.94. The normalized spacial score (nSPS) is 14.2. The maximum atomic E-state index is 12.8. The van der Waals surface area contributed by atoms with Gasteiger partial charge in [0.15, 0.2) is 0 Å². The van der Waals surface area contributed by atoms with Gasteiger partial charge in [0, 0.05) is 28.7 Å². The Morgan fingerprint density at radius 3 is 2.70 bits per heavy atom. The van der Waals surface area contributed by atoms with Crippen molar-refractivity contribution in [2.45, 2.75) is 38.4 Å². The molecule has 1 amide bonds. The first kappa shape index (κ1) is 17.6. The van der Waals surface area contributed by atoms with E-state index in [1.165, 1.54) is 41.6 Å². The first-order chi connectivity index (χ1) is 12.9. The van der Waals surface area contributed by atoms with Crippen LogP contribution in [0, 0.1) is 0 Å². The highest BCUT2D eigenvalue weighted by Gasteiger charge is 2.30. The molecule has 0 saturated carbocycles. The van der Waals surface area contributed by atoms with Gasteiger partial charge in [0.1, 0.15) is 0 Å². The molecule has 0 fully saturated rings. The van der Waals surface area contributed by atoms with E-state index >= 15 is 0 Å². The van der Waals surface area contributed by atoms with E-state index in [0.29, 0.717) is 0 Å². The van der Waals surface area contributed by atoms with Gasteiger partial charge in [0.05, 0.1) is 5.56 Å². The molecule has 2 aromatic carbocycles. The van der Waals surface area contributed by atoms with Crippen molar-refractivity contribution in [3.05, 3.63) is 70.4 Å². The second kappa shape index (κ2) is 6.76. The van der Waals surface area contributed by atoms with Crippen molar-refractivity contribution in [2.24, 2.45) is 0 Å². The largest absolute Gasteiger partial charge is 0.416 e. The SMILES string of the molecule is O=C(NCc1ccc2[nH]c3c(c2c1)CCCC3)c1cccc(C(F)(F)F)c1. The van der Waals surface area contributed by atoms with Gasteiger partial charge in [-0.1, -0.05) is 12.1 Å². The zero-order chi connectivity index (χ0) is 19.0. The Morgan fingerprint density at radius 2 is 1.89 bits per heavy atom. The predicted molar refractivity (Wildman–Crippen MR) is 97.6 cm³/mol. The molecule has 140 valence electrons. The van der Waals surface area contributed by atoms with Crippen molar-refractivity contribution in [2.75, 3.05) is 0 Å². The number of carbonyl (C=O) groups excluding carboxylic acids is 1. The number of aromatic amines is 1. The molecule has 3 nitrogen and oxygen atoms in total. The topological polar surface area (TPSA) is 44.9 Å². The smallest absolute Gasteiger partial charge is 0.358 e. The summed E-state index contributed by atoms with van der Waals surface area (Å²) in [6.07, 6.45) is 0.0197. The third-order valence-electron chi connectivity index (χ3n) is 5.07. The lowest BCUT2D eigenvalue weighted by Gasteiger charge is -2.11. The van der Waals surface area contributed by atoms with Crippen LogP contribution < -0.4 is 5.32 Å². The highest BCUT2D eigenvalue weighted by Crippen LogP contribution is 2.30. The van der Waals surface area contributed by atoms with Crippen molar-refractivity contribution in [3.8, 4) is 0 Å². The molecule has 0 bridgehead atoms. The summed E-state index contributed by atoms with van der Waals surface area (Å²) in [5.41, 5.74) is 3.84. The third kappa shape index (κ3) is 3.56. The van der Waals surface area contributed by atoms with Gasteiger partial charge >= 0.3 is 6.18 Å². The number of nitrogens with one attached hydrogen (secondary N) is 2. The summed E-state index contributed by atoms with van der Waals surface area (Å²) in [5, 5.41) is 3.89. The van der Waals surface area contributed by atoms with Crippen LogP contribution in [0.3, 0.4) is 0 Å². The Balaban J connectivity index is 1.51. The summed E-state index contributed by atoms with van der Waals surface area (Å²) in [7, 11) is 0. The molecule has 2 N–H and O–H groups in total. The van der Waals surface area contributed by atoms with Gasteiger partial charge in [-0.25, -0.2) is 0 Å². The van der Waals surface area contributed by atoms with Gasteiger partial charge in [-0.2, -0.15) is 13.2 Å². The zero-order valence-corrected chi connectivity index (χ0v) is 14.6. The average Bonchev–Trinajstić information content (AvgIpc) is 3.03. The summed E-state index contributed by atoms with van der Waals surface area (Å²) >= 11 is 0. The van der Waals surface area contributed by atoms with Crippen LogP contribution in [0.15, 0.2) is 42.5 Å². The van der Waals surface area contributed by atoms with Crippen molar-refractivity contribution in [1.29, 1.82) is 0 Å².